The molecule has 1 amide bonds. The van der Waals surface area contributed by atoms with Gasteiger partial charge in [-0.15, -0.1) is 0 Å². The quantitative estimate of drug-likeness (QED) is 0.937. The number of nitrogens with one attached hydrogen (secondary N) is 1. The molecule has 2 aromatic rings. The standard InChI is InChI=1S/C21H24N2O2/c24-20-8-5-16(14-22-20)13-15-9-11-23(12-10-15)21(25)19-7-6-17-3-1-2-4-18(17)19/h1-5,8,14-15,19H,6-7,9-13H2,(H,22,24). The van der Waals surface area contributed by atoms with E-state index in [0.29, 0.717) is 11.8 Å². The van der Waals surface area contributed by atoms with Gasteiger partial charge < -0.3 is 9.88 Å². The Balaban J connectivity index is 1.35. The van der Waals surface area contributed by atoms with Crippen molar-refractivity contribution in [3.63, 3.8) is 0 Å². The van der Waals surface area contributed by atoms with Gasteiger partial charge in [0.2, 0.25) is 11.5 Å². The monoisotopic (exact) mass is 336 g/mol. The van der Waals surface area contributed by atoms with Gasteiger partial charge in [0.25, 0.3) is 0 Å². The Kier molecular flexibility index (Phi) is 4.43. The first-order chi connectivity index (χ1) is 12.2. The van der Waals surface area contributed by atoms with Gasteiger partial charge in [0.15, 0.2) is 0 Å². The maximum absolute atomic E-state index is 13.0. The molecule has 1 saturated heterocycles. The van der Waals surface area contributed by atoms with Crippen LogP contribution < -0.4 is 5.56 Å². The number of H-pyrrole nitrogens is 1. The van der Waals surface area contributed by atoms with Crippen molar-refractivity contribution in [1.82, 2.24) is 9.88 Å². The van der Waals surface area contributed by atoms with Crippen molar-refractivity contribution in [2.45, 2.75) is 38.0 Å². The predicted molar refractivity (Wildman–Crippen MR) is 97.6 cm³/mol. The van der Waals surface area contributed by atoms with Crippen LogP contribution in [0.3, 0.4) is 0 Å². The molecule has 4 heteroatoms. The molecule has 1 aliphatic carbocycles. The lowest BCUT2D eigenvalue weighted by molar-refractivity contribution is -0.134. The second-order valence-corrected chi connectivity index (χ2v) is 7.32. The summed E-state index contributed by atoms with van der Waals surface area (Å²) >= 11 is 0. The minimum absolute atomic E-state index is 0.0546. The van der Waals surface area contributed by atoms with Crippen LogP contribution in [0.1, 0.15) is 41.9 Å². The van der Waals surface area contributed by atoms with E-state index in [9.17, 15) is 9.59 Å². The summed E-state index contributed by atoms with van der Waals surface area (Å²) in [7, 11) is 0. The first-order valence-electron chi connectivity index (χ1n) is 9.25. The minimum atomic E-state index is -0.0546. The SMILES string of the molecule is O=C(C1CCc2ccccc21)N1CCC(Cc2ccc(=O)[nH]c2)CC1. The molecule has 0 spiro atoms. The molecule has 1 atom stereocenters. The van der Waals surface area contributed by atoms with Crippen molar-refractivity contribution in [3.05, 3.63) is 69.6 Å². The molecule has 2 heterocycles. The molecule has 1 aromatic heterocycles. The molecule has 1 unspecified atom stereocenters. The zero-order valence-electron chi connectivity index (χ0n) is 14.4. The highest BCUT2D eigenvalue weighted by atomic mass is 16.2. The molecule has 4 rings (SSSR count). The molecule has 0 radical (unpaired) electrons. The van der Waals surface area contributed by atoms with Gasteiger partial charge in [0, 0.05) is 25.4 Å². The Labute approximate surface area is 147 Å². The van der Waals surface area contributed by atoms with Crippen molar-refractivity contribution in [2.75, 3.05) is 13.1 Å². The fourth-order valence-electron chi connectivity index (χ4n) is 4.29. The minimum Gasteiger partial charge on any atom is -0.342 e. The Morgan fingerprint density at radius 2 is 1.88 bits per heavy atom. The number of aromatic amines is 1. The van der Waals surface area contributed by atoms with Crippen molar-refractivity contribution in [1.29, 1.82) is 0 Å². The van der Waals surface area contributed by atoms with Gasteiger partial charge in [-0.1, -0.05) is 30.3 Å². The predicted octanol–water partition coefficient (Wildman–Crippen LogP) is 2.89. The molecule has 130 valence electrons. The van der Waals surface area contributed by atoms with Crippen LogP contribution >= 0.6 is 0 Å². The molecule has 25 heavy (non-hydrogen) atoms. The number of nitrogens with zero attached hydrogens (tertiary/aromatic N) is 1. The number of carbonyl (C=O) groups excluding carboxylic acids is 1. The van der Waals surface area contributed by atoms with E-state index < -0.39 is 0 Å². The first-order valence-corrected chi connectivity index (χ1v) is 9.25. The Morgan fingerprint density at radius 3 is 2.64 bits per heavy atom. The number of fused-ring (bicyclic) bond motifs is 1. The number of likely N-dealkylation sites (tertiary alicyclic amines) is 1. The Morgan fingerprint density at radius 1 is 1.08 bits per heavy atom. The molecule has 1 N–H and O–H groups in total. The van der Waals surface area contributed by atoms with Gasteiger partial charge in [-0.25, -0.2) is 0 Å². The summed E-state index contributed by atoms with van der Waals surface area (Å²) in [5, 5.41) is 0. The molecule has 0 bridgehead atoms. The topological polar surface area (TPSA) is 53.2 Å². The van der Waals surface area contributed by atoms with Gasteiger partial charge in [-0.2, -0.15) is 0 Å². The van der Waals surface area contributed by atoms with Crippen LogP contribution in [0.2, 0.25) is 0 Å². The van der Waals surface area contributed by atoms with E-state index in [4.69, 9.17) is 0 Å². The Hall–Kier alpha value is -2.36. The van der Waals surface area contributed by atoms with Gasteiger partial charge in [0.1, 0.15) is 0 Å². The lowest BCUT2D eigenvalue weighted by atomic mass is 9.89. The highest BCUT2D eigenvalue weighted by Crippen LogP contribution is 2.35. The molecular formula is C21H24N2O2. The third-order valence-corrected chi connectivity index (χ3v) is 5.73. The second kappa shape index (κ2) is 6.87. The van der Waals surface area contributed by atoms with Crippen LogP contribution in [-0.4, -0.2) is 28.9 Å². The van der Waals surface area contributed by atoms with E-state index in [1.54, 1.807) is 6.07 Å². The van der Waals surface area contributed by atoms with Crippen LogP contribution in [0, 0.1) is 5.92 Å². The van der Waals surface area contributed by atoms with Gasteiger partial charge in [0.05, 0.1) is 5.92 Å². The maximum atomic E-state index is 13.0. The number of carbonyl (C=O) groups is 1. The van der Waals surface area contributed by atoms with Crippen molar-refractivity contribution in [2.24, 2.45) is 5.92 Å². The van der Waals surface area contributed by atoms with Gasteiger partial charge in [-0.3, -0.25) is 9.59 Å². The van der Waals surface area contributed by atoms with Crippen LogP contribution in [0.15, 0.2) is 47.4 Å². The van der Waals surface area contributed by atoms with Gasteiger partial charge >= 0.3 is 0 Å². The Bertz CT molecular complexity index is 798. The summed E-state index contributed by atoms with van der Waals surface area (Å²) < 4.78 is 0. The molecule has 1 aliphatic heterocycles. The smallest absolute Gasteiger partial charge is 0.247 e. The van der Waals surface area contributed by atoms with Crippen LogP contribution in [0.25, 0.3) is 0 Å². The molecular weight excluding hydrogens is 312 g/mol. The van der Waals surface area contributed by atoms with Crippen molar-refractivity contribution >= 4 is 5.91 Å². The number of rotatable bonds is 3. The average molecular weight is 336 g/mol. The highest BCUT2D eigenvalue weighted by molar-refractivity contribution is 5.85. The fraction of sp³-hybridized carbons (Fsp3) is 0.429. The number of piperidine rings is 1. The van der Waals surface area contributed by atoms with E-state index in [-0.39, 0.29) is 11.5 Å². The highest BCUT2D eigenvalue weighted by Gasteiger charge is 2.33. The van der Waals surface area contributed by atoms with Crippen LogP contribution in [0.4, 0.5) is 0 Å². The number of hydrogen-bond donors (Lipinski definition) is 1. The zero-order chi connectivity index (χ0) is 17.2. The van der Waals surface area contributed by atoms with E-state index >= 15 is 0 Å². The van der Waals surface area contributed by atoms with Crippen molar-refractivity contribution < 1.29 is 4.79 Å². The number of aryl methyl sites for hydroxylation is 1. The van der Waals surface area contributed by atoms with E-state index in [0.717, 1.165) is 45.2 Å². The molecule has 2 aliphatic rings. The fourth-order valence-corrected chi connectivity index (χ4v) is 4.29. The van der Waals surface area contributed by atoms with Crippen molar-refractivity contribution in [3.8, 4) is 0 Å². The average Bonchev–Trinajstić information content (AvgIpc) is 3.08. The number of hydrogen-bond acceptors (Lipinski definition) is 2. The summed E-state index contributed by atoms with van der Waals surface area (Å²) in [5.41, 5.74) is 3.70. The largest absolute Gasteiger partial charge is 0.342 e. The molecule has 4 nitrogen and oxygen atoms in total. The number of amides is 1. The normalized spacial score (nSPS) is 20.5. The summed E-state index contributed by atoms with van der Waals surface area (Å²) in [4.78, 5) is 28.9. The van der Waals surface area contributed by atoms with Gasteiger partial charge in [-0.05, 0) is 54.7 Å². The molecule has 0 saturated carbocycles. The lowest BCUT2D eigenvalue weighted by Crippen LogP contribution is -2.41. The number of benzene rings is 1. The first kappa shape index (κ1) is 16.1. The summed E-state index contributed by atoms with van der Waals surface area (Å²) in [6.07, 6.45) is 6.85. The number of aromatic nitrogens is 1. The van der Waals surface area contributed by atoms with E-state index in [1.165, 1.54) is 16.7 Å². The summed E-state index contributed by atoms with van der Waals surface area (Å²) in [6, 6.07) is 11.9. The summed E-state index contributed by atoms with van der Waals surface area (Å²) in [6.45, 7) is 1.71. The zero-order valence-corrected chi connectivity index (χ0v) is 14.4. The second-order valence-electron chi connectivity index (χ2n) is 7.32. The molecule has 1 fully saturated rings. The molecule has 1 aromatic carbocycles. The summed E-state index contributed by atoms with van der Waals surface area (Å²) in [5.74, 6) is 0.963. The van der Waals surface area contributed by atoms with E-state index in [2.05, 4.69) is 28.1 Å². The van der Waals surface area contributed by atoms with Crippen LogP contribution in [0.5, 0.6) is 0 Å². The maximum Gasteiger partial charge on any atom is 0.247 e. The van der Waals surface area contributed by atoms with E-state index in [1.807, 2.05) is 18.3 Å². The third-order valence-electron chi connectivity index (χ3n) is 5.73. The number of pyridine rings is 1. The van der Waals surface area contributed by atoms with Crippen LogP contribution in [-0.2, 0) is 17.6 Å². The third kappa shape index (κ3) is 3.39. The lowest BCUT2D eigenvalue weighted by Gasteiger charge is -2.34.